The lowest BCUT2D eigenvalue weighted by molar-refractivity contribution is 0.331. The van der Waals surface area contributed by atoms with Crippen LogP contribution in [0.1, 0.15) is 53.9 Å². The lowest BCUT2D eigenvalue weighted by Crippen LogP contribution is -2.40. The fourth-order valence-corrected chi connectivity index (χ4v) is 2.28. The molecule has 0 aromatic carbocycles. The third-order valence-electron chi connectivity index (χ3n) is 2.66. The van der Waals surface area contributed by atoms with E-state index in [4.69, 9.17) is 11.6 Å². The zero-order valence-corrected chi connectivity index (χ0v) is 13.0. The Morgan fingerprint density at radius 1 is 0.938 bits per heavy atom. The van der Waals surface area contributed by atoms with E-state index in [1.54, 1.807) is 0 Å². The van der Waals surface area contributed by atoms with E-state index in [-0.39, 0.29) is 12.4 Å². The highest BCUT2D eigenvalue weighted by Crippen LogP contribution is 2.14. The van der Waals surface area contributed by atoms with Crippen molar-refractivity contribution in [3.63, 3.8) is 0 Å². The maximum absolute atomic E-state index is 5.92. The van der Waals surface area contributed by atoms with Crippen molar-refractivity contribution in [1.82, 2.24) is 5.32 Å². The van der Waals surface area contributed by atoms with Crippen LogP contribution in [0.3, 0.4) is 0 Å². The highest BCUT2D eigenvalue weighted by Gasteiger charge is 2.15. The summed E-state index contributed by atoms with van der Waals surface area (Å²) in [7, 11) is 0. The molecule has 1 nitrogen and oxygen atoms in total. The van der Waals surface area contributed by atoms with E-state index in [1.807, 2.05) is 0 Å². The number of nitrogens with one attached hydrogen (secondary N) is 1. The van der Waals surface area contributed by atoms with E-state index in [0.717, 1.165) is 24.1 Å². The van der Waals surface area contributed by atoms with E-state index >= 15 is 0 Å². The SMILES string of the molecule is CCC(CCl)NC(CC(C)C)CC(C)C.Cl. The zero-order valence-electron chi connectivity index (χ0n) is 11.4. The van der Waals surface area contributed by atoms with E-state index in [1.165, 1.54) is 12.8 Å². The summed E-state index contributed by atoms with van der Waals surface area (Å²) in [6.45, 7) is 11.3. The van der Waals surface area contributed by atoms with E-state index in [9.17, 15) is 0 Å². The Balaban J connectivity index is 0. The van der Waals surface area contributed by atoms with Gasteiger partial charge >= 0.3 is 0 Å². The van der Waals surface area contributed by atoms with E-state index < -0.39 is 0 Å². The van der Waals surface area contributed by atoms with Crippen LogP contribution in [-0.2, 0) is 0 Å². The fourth-order valence-electron chi connectivity index (χ4n) is 1.98. The molecule has 0 saturated heterocycles. The Morgan fingerprint density at radius 2 is 1.38 bits per heavy atom. The highest BCUT2D eigenvalue weighted by molar-refractivity contribution is 6.18. The van der Waals surface area contributed by atoms with Crippen LogP contribution in [0.4, 0.5) is 0 Å². The predicted molar refractivity (Wildman–Crippen MR) is 77.9 cm³/mol. The minimum Gasteiger partial charge on any atom is -0.310 e. The van der Waals surface area contributed by atoms with Gasteiger partial charge in [-0.15, -0.1) is 24.0 Å². The molecular formula is C13H29Cl2N. The maximum Gasteiger partial charge on any atom is 0.0377 e. The second kappa shape index (κ2) is 10.7. The molecule has 0 spiro atoms. The molecule has 100 valence electrons. The highest BCUT2D eigenvalue weighted by atomic mass is 35.5. The number of hydrogen-bond acceptors (Lipinski definition) is 1. The molecule has 3 heteroatoms. The van der Waals surface area contributed by atoms with Gasteiger partial charge < -0.3 is 5.32 Å². The van der Waals surface area contributed by atoms with Crippen LogP contribution in [0.15, 0.2) is 0 Å². The van der Waals surface area contributed by atoms with Gasteiger partial charge in [0, 0.05) is 18.0 Å². The van der Waals surface area contributed by atoms with Crippen molar-refractivity contribution in [3.05, 3.63) is 0 Å². The minimum atomic E-state index is 0. The summed E-state index contributed by atoms with van der Waals surface area (Å²) in [5.74, 6) is 2.24. The van der Waals surface area contributed by atoms with Crippen molar-refractivity contribution >= 4 is 24.0 Å². The molecule has 0 fully saturated rings. The molecule has 16 heavy (non-hydrogen) atoms. The summed E-state index contributed by atoms with van der Waals surface area (Å²) in [5, 5.41) is 3.68. The van der Waals surface area contributed by atoms with Gasteiger partial charge in [0.2, 0.25) is 0 Å². The molecule has 0 amide bonds. The van der Waals surface area contributed by atoms with Crippen molar-refractivity contribution in [1.29, 1.82) is 0 Å². The molecule has 0 saturated carbocycles. The number of halogens is 2. The van der Waals surface area contributed by atoms with Gasteiger partial charge in [0.15, 0.2) is 0 Å². The Kier molecular flexibility index (Phi) is 12.6. The van der Waals surface area contributed by atoms with Crippen molar-refractivity contribution in [2.75, 3.05) is 5.88 Å². The third-order valence-corrected chi connectivity index (χ3v) is 3.03. The summed E-state index contributed by atoms with van der Waals surface area (Å²) >= 11 is 5.92. The first kappa shape index (κ1) is 18.9. The first-order chi connectivity index (χ1) is 6.99. The summed E-state index contributed by atoms with van der Waals surface area (Å²) < 4.78 is 0. The molecule has 1 unspecified atom stereocenters. The number of alkyl halides is 1. The molecule has 0 aromatic rings. The minimum absolute atomic E-state index is 0. The van der Waals surface area contributed by atoms with Gasteiger partial charge in [0.1, 0.15) is 0 Å². The standard InChI is InChI=1S/C13H28ClN.ClH/c1-6-12(9-14)15-13(7-10(2)3)8-11(4)5;/h10-13,15H,6-9H2,1-5H3;1H. The average molecular weight is 270 g/mol. The molecule has 1 N–H and O–H groups in total. The molecule has 0 bridgehead atoms. The summed E-state index contributed by atoms with van der Waals surface area (Å²) in [4.78, 5) is 0. The third kappa shape index (κ3) is 9.74. The van der Waals surface area contributed by atoms with Gasteiger partial charge in [-0.2, -0.15) is 0 Å². The lowest BCUT2D eigenvalue weighted by atomic mass is 9.95. The van der Waals surface area contributed by atoms with Crippen LogP contribution in [0.5, 0.6) is 0 Å². The predicted octanol–water partition coefficient (Wildman–Crippen LogP) is 4.48. The molecule has 1 atom stereocenters. The molecule has 0 rings (SSSR count). The van der Waals surface area contributed by atoms with Crippen molar-refractivity contribution < 1.29 is 0 Å². The molecular weight excluding hydrogens is 241 g/mol. The molecule has 0 aliphatic carbocycles. The van der Waals surface area contributed by atoms with Crippen molar-refractivity contribution in [2.45, 2.75) is 66.0 Å². The molecule has 0 radical (unpaired) electrons. The topological polar surface area (TPSA) is 12.0 Å². The van der Waals surface area contributed by atoms with Crippen LogP contribution in [0, 0.1) is 11.8 Å². The average Bonchev–Trinajstić information content (AvgIpc) is 2.11. The van der Waals surface area contributed by atoms with E-state index in [0.29, 0.717) is 12.1 Å². The largest absolute Gasteiger partial charge is 0.310 e. The zero-order chi connectivity index (χ0) is 11.8. The van der Waals surface area contributed by atoms with Gasteiger partial charge in [-0.1, -0.05) is 34.6 Å². The maximum atomic E-state index is 5.92. The summed E-state index contributed by atoms with van der Waals surface area (Å²) in [6, 6.07) is 1.11. The smallest absolute Gasteiger partial charge is 0.0377 e. The van der Waals surface area contributed by atoms with Crippen LogP contribution >= 0.6 is 24.0 Å². The second-order valence-corrected chi connectivity index (χ2v) is 5.69. The molecule has 0 aliphatic rings. The van der Waals surface area contributed by atoms with Crippen molar-refractivity contribution in [3.8, 4) is 0 Å². The normalized spacial score (nSPS) is 13.3. The van der Waals surface area contributed by atoms with Crippen LogP contribution in [-0.4, -0.2) is 18.0 Å². The molecule has 0 aliphatic heterocycles. The van der Waals surface area contributed by atoms with Gasteiger partial charge in [-0.25, -0.2) is 0 Å². The molecule has 0 aromatic heterocycles. The first-order valence-corrected chi connectivity index (χ1v) is 6.85. The number of rotatable bonds is 8. The van der Waals surface area contributed by atoms with E-state index in [2.05, 4.69) is 39.9 Å². The lowest BCUT2D eigenvalue weighted by Gasteiger charge is -2.26. The quantitative estimate of drug-likeness (QED) is 0.641. The Morgan fingerprint density at radius 3 is 1.62 bits per heavy atom. The van der Waals surface area contributed by atoms with Gasteiger partial charge in [0.05, 0.1) is 0 Å². The van der Waals surface area contributed by atoms with Gasteiger partial charge in [-0.3, -0.25) is 0 Å². The Hall–Kier alpha value is 0.540. The monoisotopic (exact) mass is 269 g/mol. The van der Waals surface area contributed by atoms with Crippen LogP contribution in [0.25, 0.3) is 0 Å². The number of hydrogen-bond donors (Lipinski definition) is 1. The van der Waals surface area contributed by atoms with Crippen molar-refractivity contribution in [2.24, 2.45) is 11.8 Å². The van der Waals surface area contributed by atoms with Gasteiger partial charge in [-0.05, 0) is 31.1 Å². The second-order valence-electron chi connectivity index (χ2n) is 5.38. The van der Waals surface area contributed by atoms with Gasteiger partial charge in [0.25, 0.3) is 0 Å². The summed E-state index contributed by atoms with van der Waals surface area (Å²) in [5.41, 5.74) is 0. The Bertz CT molecular complexity index is 135. The molecule has 0 heterocycles. The fraction of sp³-hybridized carbons (Fsp3) is 1.00. The first-order valence-electron chi connectivity index (χ1n) is 6.31. The summed E-state index contributed by atoms with van der Waals surface area (Å²) in [6.07, 6.45) is 3.63. The Labute approximate surface area is 113 Å². The van der Waals surface area contributed by atoms with Crippen LogP contribution in [0.2, 0.25) is 0 Å². The van der Waals surface area contributed by atoms with Crippen LogP contribution < -0.4 is 5.32 Å².